The normalized spacial score (nSPS) is 14.2. The second kappa shape index (κ2) is 4.70. The largest absolute Gasteiger partial charge is 0.381 e. The minimum atomic E-state index is -1.73. The van der Waals surface area contributed by atoms with Crippen molar-refractivity contribution in [2.75, 3.05) is 0 Å². The average molecular weight is 266 g/mol. The van der Waals surface area contributed by atoms with Gasteiger partial charge in [0.25, 0.3) is 0 Å². The Morgan fingerprint density at radius 3 is 2.32 bits per heavy atom. The first-order valence-corrected chi connectivity index (χ1v) is 5.77. The maximum atomic E-state index is 13.8. The van der Waals surface area contributed by atoms with Gasteiger partial charge in [0.05, 0.1) is 0 Å². The van der Waals surface area contributed by atoms with Crippen LogP contribution < -0.4 is 0 Å². The van der Waals surface area contributed by atoms with Crippen LogP contribution in [0, 0.1) is 24.4 Å². The van der Waals surface area contributed by atoms with Gasteiger partial charge in [-0.15, -0.1) is 0 Å². The van der Waals surface area contributed by atoms with Crippen LogP contribution in [0.3, 0.4) is 0 Å². The van der Waals surface area contributed by atoms with E-state index in [-0.39, 0.29) is 5.56 Å². The maximum Gasteiger partial charge on any atom is 0.165 e. The fourth-order valence-corrected chi connectivity index (χ4v) is 2.20. The Morgan fingerprint density at radius 1 is 1.00 bits per heavy atom. The second-order valence-electron chi connectivity index (χ2n) is 4.63. The molecule has 0 aromatic heterocycles. The van der Waals surface area contributed by atoms with Crippen LogP contribution in [0.4, 0.5) is 13.2 Å². The summed E-state index contributed by atoms with van der Waals surface area (Å²) in [6.07, 6.45) is 0. The summed E-state index contributed by atoms with van der Waals surface area (Å²) in [6, 6.07) is 7.39. The summed E-state index contributed by atoms with van der Waals surface area (Å²) in [6.45, 7) is 2.95. The minimum absolute atomic E-state index is 0.179. The standard InChI is InChI=1S/C15H13F3O/c1-9-8-10(16)6-7-11(9)15(2,19)12-4-3-5-13(17)14(12)18/h3-8,19H,1-2H3. The third-order valence-electron chi connectivity index (χ3n) is 3.19. The van der Waals surface area contributed by atoms with Crippen LogP contribution in [0.25, 0.3) is 0 Å². The Labute approximate surface area is 109 Å². The average Bonchev–Trinajstić information content (AvgIpc) is 2.31. The molecule has 1 N–H and O–H groups in total. The molecule has 100 valence electrons. The van der Waals surface area contributed by atoms with Gasteiger partial charge in [-0.05, 0) is 43.2 Å². The first-order valence-electron chi connectivity index (χ1n) is 5.77. The second-order valence-corrected chi connectivity index (χ2v) is 4.63. The highest BCUT2D eigenvalue weighted by atomic mass is 19.2. The lowest BCUT2D eigenvalue weighted by atomic mass is 9.85. The number of halogens is 3. The molecule has 0 aliphatic heterocycles. The molecule has 4 heteroatoms. The monoisotopic (exact) mass is 266 g/mol. The zero-order valence-corrected chi connectivity index (χ0v) is 10.5. The molecule has 2 rings (SSSR count). The van der Waals surface area contributed by atoms with Crippen LogP contribution >= 0.6 is 0 Å². The molecule has 1 nitrogen and oxygen atoms in total. The predicted molar refractivity (Wildman–Crippen MR) is 66.2 cm³/mol. The van der Waals surface area contributed by atoms with Crippen molar-refractivity contribution >= 4 is 0 Å². The van der Waals surface area contributed by atoms with Crippen LogP contribution in [-0.4, -0.2) is 5.11 Å². The predicted octanol–water partition coefficient (Wildman–Crippen LogP) is 3.67. The molecule has 0 aliphatic carbocycles. The van der Waals surface area contributed by atoms with Gasteiger partial charge in [0.2, 0.25) is 0 Å². The zero-order chi connectivity index (χ0) is 14.2. The van der Waals surface area contributed by atoms with E-state index in [1.165, 1.54) is 37.3 Å². The van der Waals surface area contributed by atoms with E-state index in [2.05, 4.69) is 0 Å². The van der Waals surface area contributed by atoms with Crippen molar-refractivity contribution in [2.24, 2.45) is 0 Å². The molecule has 0 heterocycles. The van der Waals surface area contributed by atoms with Crippen molar-refractivity contribution < 1.29 is 18.3 Å². The van der Waals surface area contributed by atoms with E-state index in [4.69, 9.17) is 0 Å². The van der Waals surface area contributed by atoms with Gasteiger partial charge in [-0.2, -0.15) is 0 Å². The fourth-order valence-electron chi connectivity index (χ4n) is 2.20. The van der Waals surface area contributed by atoms with E-state index >= 15 is 0 Å². The maximum absolute atomic E-state index is 13.8. The molecule has 2 aromatic rings. The Morgan fingerprint density at radius 2 is 1.68 bits per heavy atom. The lowest BCUT2D eigenvalue weighted by molar-refractivity contribution is 0.0962. The summed E-state index contributed by atoms with van der Waals surface area (Å²) in [4.78, 5) is 0. The van der Waals surface area contributed by atoms with E-state index in [1.807, 2.05) is 0 Å². The quantitative estimate of drug-likeness (QED) is 0.879. The van der Waals surface area contributed by atoms with Gasteiger partial charge in [0, 0.05) is 5.56 Å². The van der Waals surface area contributed by atoms with Crippen molar-refractivity contribution in [2.45, 2.75) is 19.4 Å². The van der Waals surface area contributed by atoms with E-state index in [0.29, 0.717) is 11.1 Å². The summed E-state index contributed by atoms with van der Waals surface area (Å²) in [5, 5.41) is 10.5. The van der Waals surface area contributed by atoms with Gasteiger partial charge in [-0.1, -0.05) is 18.2 Å². The van der Waals surface area contributed by atoms with Gasteiger partial charge in [0.15, 0.2) is 11.6 Å². The number of hydrogen-bond donors (Lipinski definition) is 1. The molecule has 0 amide bonds. The highest BCUT2D eigenvalue weighted by molar-refractivity contribution is 5.40. The van der Waals surface area contributed by atoms with Crippen molar-refractivity contribution in [1.82, 2.24) is 0 Å². The Bertz CT molecular complexity index is 621. The van der Waals surface area contributed by atoms with Gasteiger partial charge in [-0.3, -0.25) is 0 Å². The summed E-state index contributed by atoms with van der Waals surface area (Å²) in [7, 11) is 0. The van der Waals surface area contributed by atoms with Gasteiger partial charge in [-0.25, -0.2) is 13.2 Å². The molecule has 1 atom stereocenters. The first-order chi connectivity index (χ1) is 8.84. The Balaban J connectivity index is 2.61. The molecule has 0 saturated heterocycles. The number of rotatable bonds is 2. The van der Waals surface area contributed by atoms with E-state index < -0.39 is 23.1 Å². The third-order valence-corrected chi connectivity index (χ3v) is 3.19. The van der Waals surface area contributed by atoms with Crippen LogP contribution in [-0.2, 0) is 5.60 Å². The fraction of sp³-hybridized carbons (Fsp3) is 0.200. The summed E-state index contributed by atoms with van der Waals surface area (Å²) >= 11 is 0. The lowest BCUT2D eigenvalue weighted by Gasteiger charge is -2.26. The van der Waals surface area contributed by atoms with Gasteiger partial charge < -0.3 is 5.11 Å². The Kier molecular flexibility index (Phi) is 3.37. The topological polar surface area (TPSA) is 20.2 Å². The van der Waals surface area contributed by atoms with Crippen LogP contribution in [0.5, 0.6) is 0 Å². The van der Waals surface area contributed by atoms with Crippen LogP contribution in [0.15, 0.2) is 36.4 Å². The van der Waals surface area contributed by atoms with E-state index in [1.54, 1.807) is 6.92 Å². The molecular formula is C15H13F3O. The number of benzene rings is 2. The van der Waals surface area contributed by atoms with E-state index in [0.717, 1.165) is 6.07 Å². The molecule has 0 saturated carbocycles. The Hall–Kier alpha value is -1.81. The third kappa shape index (κ3) is 2.36. The molecule has 0 radical (unpaired) electrons. The summed E-state index contributed by atoms with van der Waals surface area (Å²) in [5.41, 5.74) is -1.11. The highest BCUT2D eigenvalue weighted by Crippen LogP contribution is 2.33. The molecule has 19 heavy (non-hydrogen) atoms. The smallest absolute Gasteiger partial charge is 0.165 e. The van der Waals surface area contributed by atoms with Gasteiger partial charge >= 0.3 is 0 Å². The first kappa shape index (κ1) is 13.6. The summed E-state index contributed by atoms with van der Waals surface area (Å²) in [5.74, 6) is -2.58. The van der Waals surface area contributed by atoms with Crippen molar-refractivity contribution in [3.8, 4) is 0 Å². The highest BCUT2D eigenvalue weighted by Gasteiger charge is 2.31. The van der Waals surface area contributed by atoms with Crippen LogP contribution in [0.1, 0.15) is 23.6 Å². The van der Waals surface area contributed by atoms with Crippen molar-refractivity contribution in [3.63, 3.8) is 0 Å². The number of aliphatic hydroxyl groups is 1. The van der Waals surface area contributed by atoms with Crippen molar-refractivity contribution in [1.29, 1.82) is 0 Å². The zero-order valence-electron chi connectivity index (χ0n) is 10.5. The number of hydrogen-bond acceptors (Lipinski definition) is 1. The summed E-state index contributed by atoms with van der Waals surface area (Å²) < 4.78 is 40.1. The molecule has 2 aromatic carbocycles. The SMILES string of the molecule is Cc1cc(F)ccc1C(C)(O)c1cccc(F)c1F. The molecule has 0 fully saturated rings. The van der Waals surface area contributed by atoms with Gasteiger partial charge in [0.1, 0.15) is 11.4 Å². The van der Waals surface area contributed by atoms with Crippen molar-refractivity contribution in [3.05, 3.63) is 70.5 Å². The number of aryl methyl sites for hydroxylation is 1. The molecular weight excluding hydrogens is 253 g/mol. The molecule has 0 spiro atoms. The minimum Gasteiger partial charge on any atom is -0.381 e. The van der Waals surface area contributed by atoms with Crippen LogP contribution in [0.2, 0.25) is 0 Å². The van der Waals surface area contributed by atoms with E-state index in [9.17, 15) is 18.3 Å². The lowest BCUT2D eigenvalue weighted by Crippen LogP contribution is -2.26. The molecule has 1 unspecified atom stereocenters. The molecule has 0 bridgehead atoms. The molecule has 0 aliphatic rings.